The topological polar surface area (TPSA) is 37.8 Å². The fourth-order valence-corrected chi connectivity index (χ4v) is 2.29. The van der Waals surface area contributed by atoms with Gasteiger partial charge in [-0.1, -0.05) is 30.3 Å². The first kappa shape index (κ1) is 10.3. The predicted molar refractivity (Wildman–Crippen MR) is 67.8 cm³/mol. The van der Waals surface area contributed by atoms with Crippen LogP contribution in [0.2, 0.25) is 0 Å². The molecule has 0 atom stereocenters. The zero-order valence-electron chi connectivity index (χ0n) is 9.69. The molecule has 0 unspecified atom stereocenters. The molecule has 1 aromatic heterocycles. The van der Waals surface area contributed by atoms with Crippen molar-refractivity contribution in [3.63, 3.8) is 0 Å². The highest BCUT2D eigenvalue weighted by Crippen LogP contribution is 2.25. The molecular formula is C14H15N3. The van der Waals surface area contributed by atoms with Gasteiger partial charge in [-0.05, 0) is 24.8 Å². The van der Waals surface area contributed by atoms with Crippen molar-refractivity contribution < 1.29 is 0 Å². The molecule has 0 fully saturated rings. The molecule has 2 aromatic rings. The van der Waals surface area contributed by atoms with Crippen molar-refractivity contribution in [1.29, 1.82) is 0 Å². The van der Waals surface area contributed by atoms with Crippen LogP contribution < -0.4 is 5.32 Å². The molecule has 0 amide bonds. The third kappa shape index (κ3) is 2.13. The van der Waals surface area contributed by atoms with Gasteiger partial charge in [-0.25, -0.2) is 9.97 Å². The van der Waals surface area contributed by atoms with Crippen LogP contribution in [0, 0.1) is 0 Å². The number of fused-ring (bicyclic) bond motifs is 1. The average molecular weight is 225 g/mol. The summed E-state index contributed by atoms with van der Waals surface area (Å²) in [5, 5.41) is 3.41. The molecule has 1 aliphatic carbocycles. The Morgan fingerprint density at radius 1 is 1.06 bits per heavy atom. The molecule has 0 spiro atoms. The summed E-state index contributed by atoms with van der Waals surface area (Å²) < 4.78 is 0. The quantitative estimate of drug-likeness (QED) is 0.872. The number of nitrogens with zero attached hydrogens (tertiary/aromatic N) is 2. The smallest absolute Gasteiger partial charge is 0.133 e. The number of nitrogens with one attached hydrogen (secondary N) is 1. The molecule has 1 aliphatic rings. The lowest BCUT2D eigenvalue weighted by atomic mass is 10.2. The van der Waals surface area contributed by atoms with E-state index in [1.165, 1.54) is 23.2 Å². The van der Waals surface area contributed by atoms with Crippen molar-refractivity contribution in [3.8, 4) is 0 Å². The molecule has 0 saturated heterocycles. The van der Waals surface area contributed by atoms with E-state index in [0.717, 1.165) is 25.2 Å². The summed E-state index contributed by atoms with van der Waals surface area (Å²) in [6, 6.07) is 10.4. The molecule has 3 rings (SSSR count). The van der Waals surface area contributed by atoms with Gasteiger partial charge in [0.25, 0.3) is 0 Å². The molecule has 17 heavy (non-hydrogen) atoms. The molecular weight excluding hydrogens is 210 g/mol. The first-order valence-corrected chi connectivity index (χ1v) is 6.04. The summed E-state index contributed by atoms with van der Waals surface area (Å²) in [7, 11) is 0. The highest BCUT2D eigenvalue weighted by Gasteiger charge is 2.16. The lowest BCUT2D eigenvalue weighted by Gasteiger charge is -2.09. The van der Waals surface area contributed by atoms with Gasteiger partial charge in [-0.3, -0.25) is 0 Å². The van der Waals surface area contributed by atoms with E-state index >= 15 is 0 Å². The highest BCUT2D eigenvalue weighted by molar-refractivity contribution is 5.48. The van der Waals surface area contributed by atoms with Gasteiger partial charge in [0.1, 0.15) is 12.1 Å². The van der Waals surface area contributed by atoms with Crippen LogP contribution in [0.3, 0.4) is 0 Å². The molecule has 1 aromatic carbocycles. The Bertz CT molecular complexity index is 508. The van der Waals surface area contributed by atoms with Crippen LogP contribution in [-0.4, -0.2) is 9.97 Å². The van der Waals surface area contributed by atoms with E-state index < -0.39 is 0 Å². The van der Waals surface area contributed by atoms with Gasteiger partial charge in [0.2, 0.25) is 0 Å². The Balaban J connectivity index is 1.76. The Morgan fingerprint density at radius 3 is 2.82 bits per heavy atom. The fraction of sp³-hybridized carbons (Fsp3) is 0.286. The molecule has 0 aliphatic heterocycles. The highest BCUT2D eigenvalue weighted by atomic mass is 15.0. The summed E-state index contributed by atoms with van der Waals surface area (Å²) in [4.78, 5) is 8.67. The Morgan fingerprint density at radius 2 is 1.94 bits per heavy atom. The van der Waals surface area contributed by atoms with Crippen molar-refractivity contribution in [3.05, 3.63) is 53.5 Å². The molecule has 1 heterocycles. The van der Waals surface area contributed by atoms with Crippen molar-refractivity contribution in [2.45, 2.75) is 25.8 Å². The number of anilines is 1. The number of hydrogen-bond acceptors (Lipinski definition) is 3. The van der Waals surface area contributed by atoms with Crippen molar-refractivity contribution in [2.75, 3.05) is 5.32 Å². The molecule has 0 bridgehead atoms. The monoisotopic (exact) mass is 225 g/mol. The maximum absolute atomic E-state index is 4.34. The van der Waals surface area contributed by atoms with E-state index in [0.29, 0.717) is 0 Å². The van der Waals surface area contributed by atoms with Gasteiger partial charge in [0, 0.05) is 17.8 Å². The summed E-state index contributed by atoms with van der Waals surface area (Å²) in [6.45, 7) is 0.824. The third-order valence-electron chi connectivity index (χ3n) is 3.18. The van der Waals surface area contributed by atoms with E-state index in [9.17, 15) is 0 Å². The van der Waals surface area contributed by atoms with E-state index in [1.54, 1.807) is 6.33 Å². The Hall–Kier alpha value is -1.90. The Labute approximate surface area is 101 Å². The predicted octanol–water partition coefficient (Wildman–Crippen LogP) is 2.58. The van der Waals surface area contributed by atoms with Gasteiger partial charge in [0.15, 0.2) is 0 Å². The maximum Gasteiger partial charge on any atom is 0.133 e. The summed E-state index contributed by atoms with van der Waals surface area (Å²) in [6.07, 6.45) is 5.07. The minimum atomic E-state index is 0.824. The fourth-order valence-electron chi connectivity index (χ4n) is 2.29. The zero-order valence-corrected chi connectivity index (χ0v) is 9.69. The van der Waals surface area contributed by atoms with Crippen LogP contribution in [0.25, 0.3) is 0 Å². The molecule has 1 N–H and O–H groups in total. The summed E-state index contributed by atoms with van der Waals surface area (Å²) in [5.74, 6) is 1.01. The second kappa shape index (κ2) is 4.53. The van der Waals surface area contributed by atoms with E-state index in [4.69, 9.17) is 0 Å². The summed E-state index contributed by atoms with van der Waals surface area (Å²) in [5.41, 5.74) is 3.80. The standard InChI is InChI=1S/C14H15N3/c1-2-5-11(6-3-1)9-15-14-12-7-4-8-13(12)16-10-17-14/h1-3,5-6,10H,4,7-9H2,(H,15,16,17). The van der Waals surface area contributed by atoms with Crippen molar-refractivity contribution in [1.82, 2.24) is 9.97 Å². The largest absolute Gasteiger partial charge is 0.366 e. The van der Waals surface area contributed by atoms with Gasteiger partial charge >= 0.3 is 0 Å². The van der Waals surface area contributed by atoms with Crippen LogP contribution in [0.15, 0.2) is 36.7 Å². The normalized spacial score (nSPS) is 13.4. The zero-order chi connectivity index (χ0) is 11.5. The van der Waals surface area contributed by atoms with Crippen LogP contribution in [0.1, 0.15) is 23.2 Å². The molecule has 86 valence electrons. The van der Waals surface area contributed by atoms with Crippen LogP contribution in [0.4, 0.5) is 5.82 Å². The number of rotatable bonds is 3. The number of hydrogen-bond donors (Lipinski definition) is 1. The average Bonchev–Trinajstić information content (AvgIpc) is 2.86. The maximum atomic E-state index is 4.34. The van der Waals surface area contributed by atoms with E-state index in [1.807, 2.05) is 6.07 Å². The van der Waals surface area contributed by atoms with E-state index in [-0.39, 0.29) is 0 Å². The third-order valence-corrected chi connectivity index (χ3v) is 3.18. The van der Waals surface area contributed by atoms with E-state index in [2.05, 4.69) is 39.6 Å². The van der Waals surface area contributed by atoms with Crippen LogP contribution >= 0.6 is 0 Å². The minimum Gasteiger partial charge on any atom is -0.366 e. The van der Waals surface area contributed by atoms with Gasteiger partial charge in [-0.2, -0.15) is 0 Å². The van der Waals surface area contributed by atoms with Gasteiger partial charge < -0.3 is 5.32 Å². The molecule has 0 saturated carbocycles. The second-order valence-electron chi connectivity index (χ2n) is 4.34. The molecule has 3 heteroatoms. The van der Waals surface area contributed by atoms with Crippen LogP contribution in [-0.2, 0) is 19.4 Å². The van der Waals surface area contributed by atoms with Gasteiger partial charge in [0.05, 0.1) is 0 Å². The molecule has 3 nitrogen and oxygen atoms in total. The van der Waals surface area contributed by atoms with Crippen LogP contribution in [0.5, 0.6) is 0 Å². The first-order valence-electron chi connectivity index (χ1n) is 6.04. The van der Waals surface area contributed by atoms with Crippen molar-refractivity contribution in [2.24, 2.45) is 0 Å². The SMILES string of the molecule is c1ccc(CNc2ncnc3c2CCC3)cc1. The van der Waals surface area contributed by atoms with Crippen molar-refractivity contribution >= 4 is 5.82 Å². The number of benzene rings is 1. The number of aryl methyl sites for hydroxylation is 1. The minimum absolute atomic E-state index is 0.824. The lowest BCUT2D eigenvalue weighted by molar-refractivity contribution is 0.899. The first-order chi connectivity index (χ1) is 8.43. The number of aromatic nitrogens is 2. The van der Waals surface area contributed by atoms with Gasteiger partial charge in [-0.15, -0.1) is 0 Å². The molecule has 0 radical (unpaired) electrons. The lowest BCUT2D eigenvalue weighted by Crippen LogP contribution is -2.05. The Kier molecular flexibility index (Phi) is 2.74. The second-order valence-corrected chi connectivity index (χ2v) is 4.34. The summed E-state index contributed by atoms with van der Waals surface area (Å²) >= 11 is 0.